The average molecular weight is 293 g/mol. The summed E-state index contributed by atoms with van der Waals surface area (Å²) in [6.07, 6.45) is 5.02. The van der Waals surface area contributed by atoms with E-state index in [2.05, 4.69) is 60.8 Å². The van der Waals surface area contributed by atoms with E-state index in [-0.39, 0.29) is 0 Å². The Morgan fingerprint density at radius 1 is 1.00 bits per heavy atom. The number of fused-ring (bicyclic) bond motifs is 1. The minimum absolute atomic E-state index is 0.682. The summed E-state index contributed by atoms with van der Waals surface area (Å²) in [5.74, 6) is 1.44. The van der Waals surface area contributed by atoms with Crippen LogP contribution in [-0.2, 0) is 12.8 Å². The lowest BCUT2D eigenvalue weighted by Crippen LogP contribution is -2.17. The highest BCUT2D eigenvalue weighted by molar-refractivity contribution is 5.36. The van der Waals surface area contributed by atoms with Crippen LogP contribution >= 0.6 is 0 Å². The number of aryl methyl sites for hydroxylation is 1. The molecule has 0 amide bonds. The van der Waals surface area contributed by atoms with E-state index < -0.39 is 0 Å². The van der Waals surface area contributed by atoms with Crippen molar-refractivity contribution in [3.8, 4) is 0 Å². The molecule has 0 fully saturated rings. The van der Waals surface area contributed by atoms with Gasteiger partial charge in [-0.2, -0.15) is 0 Å². The summed E-state index contributed by atoms with van der Waals surface area (Å²) in [7, 11) is 2.05. The molecule has 0 aromatic heterocycles. The fraction of sp³-hybridized carbons (Fsp3) is 0.429. The predicted molar refractivity (Wildman–Crippen MR) is 94.4 cm³/mol. The molecule has 116 valence electrons. The van der Waals surface area contributed by atoms with E-state index >= 15 is 0 Å². The van der Waals surface area contributed by atoms with Crippen molar-refractivity contribution in [3.05, 3.63) is 70.8 Å². The Morgan fingerprint density at radius 2 is 1.64 bits per heavy atom. The van der Waals surface area contributed by atoms with Crippen molar-refractivity contribution in [3.63, 3.8) is 0 Å². The highest BCUT2D eigenvalue weighted by Gasteiger charge is 2.29. The molecule has 0 heterocycles. The lowest BCUT2D eigenvalue weighted by atomic mass is 9.79. The summed E-state index contributed by atoms with van der Waals surface area (Å²) in [5, 5.41) is 3.30. The molecule has 1 aliphatic rings. The smallest absolute Gasteiger partial charge is 0.00517 e. The molecule has 1 N–H and O–H groups in total. The molecule has 1 unspecified atom stereocenters. The summed E-state index contributed by atoms with van der Waals surface area (Å²) in [6.45, 7) is 3.38. The van der Waals surface area contributed by atoms with Crippen molar-refractivity contribution >= 4 is 0 Å². The molecule has 22 heavy (non-hydrogen) atoms. The first-order valence-corrected chi connectivity index (χ1v) is 8.56. The standard InChI is InChI=1S/C21H27N/c1-16-8-3-6-11-20(16)21(12-7-13-22-2)19-14-17-9-4-5-10-18(17)15-19/h3-6,8-11,19,21-22H,7,12-15H2,1-2H3. The molecule has 3 rings (SSSR count). The van der Waals surface area contributed by atoms with Gasteiger partial charge in [0.25, 0.3) is 0 Å². The van der Waals surface area contributed by atoms with Crippen LogP contribution in [0.15, 0.2) is 48.5 Å². The van der Waals surface area contributed by atoms with Crippen LogP contribution in [0.3, 0.4) is 0 Å². The highest BCUT2D eigenvalue weighted by Crippen LogP contribution is 2.40. The minimum atomic E-state index is 0.682. The Hall–Kier alpha value is -1.60. The van der Waals surface area contributed by atoms with Gasteiger partial charge in [-0.1, -0.05) is 48.5 Å². The number of nitrogens with one attached hydrogen (secondary N) is 1. The molecule has 1 nitrogen and oxygen atoms in total. The van der Waals surface area contributed by atoms with Crippen LogP contribution in [0.25, 0.3) is 0 Å². The van der Waals surface area contributed by atoms with E-state index in [0.717, 1.165) is 12.5 Å². The molecule has 1 aliphatic carbocycles. The second kappa shape index (κ2) is 7.11. The molecular formula is C21H27N. The van der Waals surface area contributed by atoms with Gasteiger partial charge in [-0.3, -0.25) is 0 Å². The molecule has 0 saturated heterocycles. The van der Waals surface area contributed by atoms with E-state index in [0.29, 0.717) is 5.92 Å². The maximum Gasteiger partial charge on any atom is -0.00517 e. The summed E-state index contributed by atoms with van der Waals surface area (Å²) >= 11 is 0. The Labute approximate surface area is 134 Å². The fourth-order valence-electron chi connectivity index (χ4n) is 4.02. The van der Waals surface area contributed by atoms with Gasteiger partial charge in [0.2, 0.25) is 0 Å². The van der Waals surface area contributed by atoms with E-state index in [4.69, 9.17) is 0 Å². The zero-order chi connectivity index (χ0) is 15.4. The van der Waals surface area contributed by atoms with Gasteiger partial charge in [0.15, 0.2) is 0 Å². The third kappa shape index (κ3) is 3.25. The Kier molecular flexibility index (Phi) is 4.94. The normalized spacial score (nSPS) is 15.7. The third-order valence-electron chi connectivity index (χ3n) is 5.18. The fourth-order valence-corrected chi connectivity index (χ4v) is 4.02. The molecule has 0 saturated carbocycles. The highest BCUT2D eigenvalue weighted by atomic mass is 14.8. The largest absolute Gasteiger partial charge is 0.320 e. The zero-order valence-corrected chi connectivity index (χ0v) is 13.8. The van der Waals surface area contributed by atoms with Crippen LogP contribution in [-0.4, -0.2) is 13.6 Å². The van der Waals surface area contributed by atoms with Gasteiger partial charge in [-0.15, -0.1) is 0 Å². The van der Waals surface area contributed by atoms with Gasteiger partial charge in [0.1, 0.15) is 0 Å². The molecule has 0 spiro atoms. The summed E-state index contributed by atoms with van der Waals surface area (Å²) in [4.78, 5) is 0. The first kappa shape index (κ1) is 15.3. The van der Waals surface area contributed by atoms with E-state index in [1.807, 2.05) is 7.05 Å². The monoisotopic (exact) mass is 293 g/mol. The van der Waals surface area contributed by atoms with Crippen LogP contribution in [0.4, 0.5) is 0 Å². The predicted octanol–water partition coefficient (Wildman–Crippen LogP) is 4.49. The zero-order valence-electron chi connectivity index (χ0n) is 13.8. The first-order valence-electron chi connectivity index (χ1n) is 8.56. The van der Waals surface area contributed by atoms with Crippen molar-refractivity contribution in [2.45, 2.75) is 38.5 Å². The van der Waals surface area contributed by atoms with Gasteiger partial charge >= 0.3 is 0 Å². The first-order chi connectivity index (χ1) is 10.8. The Bertz CT molecular complexity index is 592. The van der Waals surface area contributed by atoms with Gasteiger partial charge in [0.05, 0.1) is 0 Å². The van der Waals surface area contributed by atoms with E-state index in [9.17, 15) is 0 Å². The molecule has 0 aliphatic heterocycles. The lowest BCUT2D eigenvalue weighted by molar-refractivity contribution is 0.406. The third-order valence-corrected chi connectivity index (χ3v) is 5.18. The molecule has 1 heteroatoms. The Morgan fingerprint density at radius 3 is 2.27 bits per heavy atom. The van der Waals surface area contributed by atoms with Crippen molar-refractivity contribution in [2.75, 3.05) is 13.6 Å². The van der Waals surface area contributed by atoms with E-state index in [1.54, 1.807) is 16.7 Å². The topological polar surface area (TPSA) is 12.0 Å². The number of hydrogen-bond donors (Lipinski definition) is 1. The van der Waals surface area contributed by atoms with Gasteiger partial charge < -0.3 is 5.32 Å². The molecule has 0 bridgehead atoms. The number of hydrogen-bond acceptors (Lipinski definition) is 1. The summed E-state index contributed by atoms with van der Waals surface area (Å²) in [5.41, 5.74) is 6.16. The van der Waals surface area contributed by atoms with Crippen LogP contribution < -0.4 is 5.32 Å². The van der Waals surface area contributed by atoms with Crippen LogP contribution in [0, 0.1) is 12.8 Å². The number of benzene rings is 2. The maximum atomic E-state index is 3.30. The molecule has 2 aromatic rings. The SMILES string of the molecule is CNCCCC(c1ccccc1C)C1Cc2ccccc2C1. The van der Waals surface area contributed by atoms with Crippen molar-refractivity contribution in [1.29, 1.82) is 0 Å². The maximum absolute atomic E-state index is 3.30. The number of rotatable bonds is 6. The van der Waals surface area contributed by atoms with Crippen molar-refractivity contribution in [2.24, 2.45) is 5.92 Å². The summed E-state index contributed by atoms with van der Waals surface area (Å²) < 4.78 is 0. The van der Waals surface area contributed by atoms with Crippen LogP contribution in [0.1, 0.15) is 41.0 Å². The summed E-state index contributed by atoms with van der Waals surface area (Å²) in [6, 6.07) is 18.0. The quantitative estimate of drug-likeness (QED) is 0.774. The lowest BCUT2D eigenvalue weighted by Gasteiger charge is -2.25. The molecule has 0 radical (unpaired) electrons. The minimum Gasteiger partial charge on any atom is -0.320 e. The Balaban J connectivity index is 1.82. The second-order valence-corrected chi connectivity index (χ2v) is 6.65. The molecule has 2 aromatic carbocycles. The van der Waals surface area contributed by atoms with Gasteiger partial charge in [-0.25, -0.2) is 0 Å². The van der Waals surface area contributed by atoms with Gasteiger partial charge in [0, 0.05) is 0 Å². The van der Waals surface area contributed by atoms with E-state index in [1.165, 1.54) is 31.2 Å². The van der Waals surface area contributed by atoms with Crippen molar-refractivity contribution in [1.82, 2.24) is 5.32 Å². The average Bonchev–Trinajstić information content (AvgIpc) is 2.96. The van der Waals surface area contributed by atoms with Gasteiger partial charge in [-0.05, 0) is 80.3 Å². The second-order valence-electron chi connectivity index (χ2n) is 6.65. The molecular weight excluding hydrogens is 266 g/mol. The van der Waals surface area contributed by atoms with Crippen molar-refractivity contribution < 1.29 is 0 Å². The van der Waals surface area contributed by atoms with Crippen LogP contribution in [0.2, 0.25) is 0 Å². The van der Waals surface area contributed by atoms with Crippen LogP contribution in [0.5, 0.6) is 0 Å². The molecule has 1 atom stereocenters.